The number of rotatable bonds is 8. The zero-order chi connectivity index (χ0) is 20.8. The Morgan fingerprint density at radius 2 is 1.57 bits per heavy atom. The Bertz CT molecular complexity index is 892. The molecule has 0 aliphatic heterocycles. The van der Waals surface area contributed by atoms with Crippen molar-refractivity contribution < 1.29 is 24.1 Å². The Hall–Kier alpha value is -3.69. The minimum atomic E-state index is -0.747. The van der Waals surface area contributed by atoms with Crippen LogP contribution in [0.3, 0.4) is 0 Å². The van der Waals surface area contributed by atoms with Gasteiger partial charge in [0.05, 0.1) is 29.6 Å². The van der Waals surface area contributed by atoms with Gasteiger partial charge in [0.15, 0.2) is 11.5 Å². The molecule has 148 valence electrons. The largest absolute Gasteiger partial charge is 0.493 e. The summed E-state index contributed by atoms with van der Waals surface area (Å²) < 4.78 is 10.4. The molecule has 0 radical (unpaired) electrons. The normalized spacial score (nSPS) is 10.2. The van der Waals surface area contributed by atoms with Crippen molar-refractivity contribution in [2.24, 2.45) is 0 Å². The maximum atomic E-state index is 12.3. The Balaban J connectivity index is 2.13. The van der Waals surface area contributed by atoms with Gasteiger partial charge in [-0.15, -0.1) is 0 Å². The number of nitro benzene ring substituents is 2. The van der Waals surface area contributed by atoms with Gasteiger partial charge >= 0.3 is 0 Å². The topological polar surface area (TPSA) is 134 Å². The summed E-state index contributed by atoms with van der Waals surface area (Å²) in [5, 5.41) is 24.8. The highest BCUT2D eigenvalue weighted by Crippen LogP contribution is 2.29. The summed E-state index contributed by atoms with van der Waals surface area (Å²) in [4.78, 5) is 33.0. The van der Waals surface area contributed by atoms with Crippen LogP contribution in [0.1, 0.15) is 21.5 Å². The van der Waals surface area contributed by atoms with Gasteiger partial charge < -0.3 is 14.8 Å². The average molecular weight is 389 g/mol. The van der Waals surface area contributed by atoms with Crippen LogP contribution >= 0.6 is 0 Å². The van der Waals surface area contributed by atoms with Crippen LogP contribution in [0.2, 0.25) is 0 Å². The summed E-state index contributed by atoms with van der Waals surface area (Å²) in [5.74, 6) is 0.498. The van der Waals surface area contributed by atoms with E-state index in [-0.39, 0.29) is 17.7 Å². The SMILES string of the molecule is COc1ccc(CCNC(=O)c2cc([N+](=O)[O-])c(C)c([N+](=O)[O-])c2)cc1OC. The minimum absolute atomic E-state index is 0.100. The van der Waals surface area contributed by atoms with E-state index in [4.69, 9.17) is 9.47 Å². The van der Waals surface area contributed by atoms with E-state index >= 15 is 0 Å². The van der Waals surface area contributed by atoms with Crippen LogP contribution in [-0.4, -0.2) is 36.5 Å². The molecule has 1 N–H and O–H groups in total. The van der Waals surface area contributed by atoms with Crippen molar-refractivity contribution in [1.29, 1.82) is 0 Å². The molecule has 28 heavy (non-hydrogen) atoms. The lowest BCUT2D eigenvalue weighted by atomic mass is 10.1. The van der Waals surface area contributed by atoms with Gasteiger partial charge in [-0.05, 0) is 31.0 Å². The van der Waals surface area contributed by atoms with E-state index in [9.17, 15) is 25.0 Å². The number of ether oxygens (including phenoxy) is 2. The maximum absolute atomic E-state index is 12.3. The van der Waals surface area contributed by atoms with Crippen molar-refractivity contribution in [3.8, 4) is 11.5 Å². The molecule has 0 aromatic heterocycles. The van der Waals surface area contributed by atoms with Crippen molar-refractivity contribution in [3.05, 3.63) is 67.3 Å². The Morgan fingerprint density at radius 1 is 1.00 bits per heavy atom. The number of nitrogens with one attached hydrogen (secondary N) is 1. The lowest BCUT2D eigenvalue weighted by molar-refractivity contribution is -0.395. The maximum Gasteiger partial charge on any atom is 0.279 e. The minimum Gasteiger partial charge on any atom is -0.493 e. The van der Waals surface area contributed by atoms with Crippen molar-refractivity contribution in [1.82, 2.24) is 5.32 Å². The van der Waals surface area contributed by atoms with E-state index in [1.807, 2.05) is 6.07 Å². The first-order valence-electron chi connectivity index (χ1n) is 8.21. The molecule has 0 heterocycles. The molecule has 0 spiro atoms. The lowest BCUT2D eigenvalue weighted by Crippen LogP contribution is -2.26. The molecule has 0 aliphatic carbocycles. The highest BCUT2D eigenvalue weighted by Gasteiger charge is 2.25. The summed E-state index contributed by atoms with van der Waals surface area (Å²) in [6.45, 7) is 1.50. The van der Waals surface area contributed by atoms with E-state index in [0.29, 0.717) is 17.9 Å². The van der Waals surface area contributed by atoms with Gasteiger partial charge in [-0.3, -0.25) is 25.0 Å². The Labute approximate surface area is 160 Å². The molecule has 2 aromatic carbocycles. The molecule has 0 saturated carbocycles. The molecule has 0 atom stereocenters. The number of carbonyl (C=O) groups excluding carboxylic acids is 1. The van der Waals surface area contributed by atoms with Crippen LogP contribution in [-0.2, 0) is 6.42 Å². The smallest absolute Gasteiger partial charge is 0.279 e. The molecule has 2 aromatic rings. The van der Waals surface area contributed by atoms with Gasteiger partial charge in [0.1, 0.15) is 5.56 Å². The van der Waals surface area contributed by atoms with E-state index in [0.717, 1.165) is 17.7 Å². The van der Waals surface area contributed by atoms with Gasteiger partial charge in [-0.2, -0.15) is 0 Å². The van der Waals surface area contributed by atoms with Gasteiger partial charge in [0, 0.05) is 18.7 Å². The second-order valence-electron chi connectivity index (χ2n) is 5.85. The zero-order valence-electron chi connectivity index (χ0n) is 15.6. The van der Waals surface area contributed by atoms with Crippen LogP contribution in [0.15, 0.2) is 30.3 Å². The first-order valence-corrected chi connectivity index (χ1v) is 8.21. The summed E-state index contributed by atoms with van der Waals surface area (Å²) in [5.41, 5.74) is -0.314. The third-order valence-corrected chi connectivity index (χ3v) is 4.16. The van der Waals surface area contributed by atoms with Crippen LogP contribution in [0, 0.1) is 27.2 Å². The van der Waals surface area contributed by atoms with E-state index in [1.165, 1.54) is 21.1 Å². The molecule has 0 fully saturated rings. The first kappa shape index (κ1) is 20.6. The number of nitro groups is 2. The molecule has 10 heteroatoms. The highest BCUT2D eigenvalue weighted by molar-refractivity contribution is 5.96. The summed E-state index contributed by atoms with van der Waals surface area (Å²) in [6.07, 6.45) is 0.460. The standard InChI is InChI=1S/C18H19N3O7/c1-11-14(20(23)24)9-13(10-15(11)21(25)26)18(22)19-7-6-12-4-5-16(27-2)17(8-12)28-3/h4-5,8-10H,6-7H2,1-3H3,(H,19,22). The van der Waals surface area contributed by atoms with Crippen molar-refractivity contribution in [3.63, 3.8) is 0 Å². The number of carbonyl (C=O) groups is 1. The van der Waals surface area contributed by atoms with Gasteiger partial charge in [-0.25, -0.2) is 0 Å². The lowest BCUT2D eigenvalue weighted by Gasteiger charge is -2.10. The zero-order valence-corrected chi connectivity index (χ0v) is 15.6. The van der Waals surface area contributed by atoms with Crippen molar-refractivity contribution >= 4 is 17.3 Å². The molecule has 1 amide bonds. The molecule has 0 saturated heterocycles. The number of amides is 1. The third kappa shape index (κ3) is 4.53. The van der Waals surface area contributed by atoms with Crippen LogP contribution in [0.25, 0.3) is 0 Å². The number of hydrogen-bond acceptors (Lipinski definition) is 7. The molecule has 0 bridgehead atoms. The fourth-order valence-corrected chi connectivity index (χ4v) is 2.65. The van der Waals surface area contributed by atoms with Crippen molar-refractivity contribution in [2.75, 3.05) is 20.8 Å². The van der Waals surface area contributed by atoms with Crippen molar-refractivity contribution in [2.45, 2.75) is 13.3 Å². The molecular weight excluding hydrogens is 370 g/mol. The monoisotopic (exact) mass is 389 g/mol. The number of hydrogen-bond donors (Lipinski definition) is 1. The van der Waals surface area contributed by atoms with Crippen LogP contribution in [0.4, 0.5) is 11.4 Å². The van der Waals surface area contributed by atoms with Gasteiger partial charge in [0.2, 0.25) is 0 Å². The predicted molar refractivity (Wildman–Crippen MR) is 100 cm³/mol. The molecule has 2 rings (SSSR count). The highest BCUT2D eigenvalue weighted by atomic mass is 16.6. The number of benzene rings is 2. The number of nitrogens with zero attached hydrogens (tertiary/aromatic N) is 2. The van der Waals surface area contributed by atoms with Crippen LogP contribution in [0.5, 0.6) is 11.5 Å². The molecular formula is C18H19N3O7. The quantitative estimate of drug-likeness (QED) is 0.542. The Kier molecular flexibility index (Phi) is 6.48. The fourth-order valence-electron chi connectivity index (χ4n) is 2.65. The average Bonchev–Trinajstić information content (AvgIpc) is 2.67. The van der Waals surface area contributed by atoms with E-state index < -0.39 is 27.1 Å². The summed E-state index contributed by atoms with van der Waals surface area (Å²) in [6, 6.07) is 7.40. The van der Waals surface area contributed by atoms with Gasteiger partial charge in [-0.1, -0.05) is 6.07 Å². The van der Waals surface area contributed by atoms with E-state index in [1.54, 1.807) is 12.1 Å². The second-order valence-corrected chi connectivity index (χ2v) is 5.85. The predicted octanol–water partition coefficient (Wildman–Crippen LogP) is 2.80. The summed E-state index contributed by atoms with van der Waals surface area (Å²) in [7, 11) is 3.04. The fraction of sp³-hybridized carbons (Fsp3) is 0.278. The first-order chi connectivity index (χ1) is 13.3. The Morgan fingerprint density at radius 3 is 2.07 bits per heavy atom. The molecule has 10 nitrogen and oxygen atoms in total. The van der Waals surface area contributed by atoms with Crippen LogP contribution < -0.4 is 14.8 Å². The molecule has 0 aliphatic rings. The molecule has 0 unspecified atom stereocenters. The third-order valence-electron chi connectivity index (χ3n) is 4.16. The van der Waals surface area contributed by atoms with E-state index in [2.05, 4.69) is 5.32 Å². The van der Waals surface area contributed by atoms with Gasteiger partial charge in [0.25, 0.3) is 17.3 Å². The second kappa shape index (κ2) is 8.80. The number of methoxy groups -OCH3 is 2. The summed E-state index contributed by atoms with van der Waals surface area (Å²) >= 11 is 0.